The van der Waals surface area contributed by atoms with E-state index in [9.17, 15) is 0 Å². The quantitative estimate of drug-likeness (QED) is 0.550. The molecule has 1 aliphatic rings. The molecule has 1 aliphatic carbocycles. The first kappa shape index (κ1) is 14.9. The minimum atomic E-state index is 0.811. The molecule has 0 aromatic carbocycles. The maximum absolute atomic E-state index is 4.73. The summed E-state index contributed by atoms with van der Waals surface area (Å²) >= 11 is 3.41. The number of hydrogen-bond acceptors (Lipinski definition) is 6. The van der Waals surface area contributed by atoms with Crippen molar-refractivity contribution in [1.29, 1.82) is 0 Å². The molecule has 1 N–H and O–H groups in total. The van der Waals surface area contributed by atoms with Gasteiger partial charge in [-0.1, -0.05) is 11.8 Å². The third-order valence-electron chi connectivity index (χ3n) is 4.14. The van der Waals surface area contributed by atoms with Crippen molar-refractivity contribution in [1.82, 2.24) is 15.0 Å². The minimum absolute atomic E-state index is 0.811. The van der Waals surface area contributed by atoms with Crippen LogP contribution in [0.3, 0.4) is 0 Å². The van der Waals surface area contributed by atoms with E-state index in [1.807, 2.05) is 35.9 Å². The molecule has 0 saturated heterocycles. The Morgan fingerprint density at radius 2 is 2.09 bits per heavy atom. The molecule has 0 atom stereocenters. The topological polar surface area (TPSA) is 50.7 Å². The van der Waals surface area contributed by atoms with Crippen molar-refractivity contribution in [3.8, 4) is 0 Å². The summed E-state index contributed by atoms with van der Waals surface area (Å²) in [5, 5.41) is 5.44. The van der Waals surface area contributed by atoms with Gasteiger partial charge in [0.1, 0.15) is 16.5 Å². The summed E-state index contributed by atoms with van der Waals surface area (Å²) in [5.41, 5.74) is 2.63. The van der Waals surface area contributed by atoms with Crippen LogP contribution >= 0.6 is 23.1 Å². The van der Waals surface area contributed by atoms with Crippen molar-refractivity contribution in [2.24, 2.45) is 0 Å². The molecule has 6 heteroatoms. The lowest BCUT2D eigenvalue weighted by Crippen LogP contribution is -2.02. The summed E-state index contributed by atoms with van der Waals surface area (Å²) in [7, 11) is 0. The van der Waals surface area contributed by atoms with Crippen LogP contribution in [0.1, 0.15) is 28.8 Å². The molecule has 3 aromatic rings. The number of thioether (sulfide) groups is 1. The highest BCUT2D eigenvalue weighted by molar-refractivity contribution is 7.98. The molecule has 3 heterocycles. The Balaban J connectivity index is 1.87. The molecule has 23 heavy (non-hydrogen) atoms. The molecule has 0 fully saturated rings. The largest absolute Gasteiger partial charge is 0.324 e. The lowest BCUT2D eigenvalue weighted by atomic mass is 9.97. The number of aromatic nitrogens is 3. The van der Waals surface area contributed by atoms with Gasteiger partial charge >= 0.3 is 0 Å². The second kappa shape index (κ2) is 6.09. The number of thiophene rings is 1. The van der Waals surface area contributed by atoms with Crippen LogP contribution in [0.2, 0.25) is 0 Å². The van der Waals surface area contributed by atoms with Gasteiger partial charge in [-0.2, -0.15) is 0 Å². The zero-order valence-electron chi connectivity index (χ0n) is 13.2. The van der Waals surface area contributed by atoms with Crippen molar-refractivity contribution >= 4 is 45.0 Å². The van der Waals surface area contributed by atoms with Crippen LogP contribution in [-0.4, -0.2) is 21.2 Å². The van der Waals surface area contributed by atoms with Gasteiger partial charge in [0.05, 0.1) is 5.39 Å². The molecular formula is C17H18N4S2. The molecule has 118 valence electrons. The van der Waals surface area contributed by atoms with Gasteiger partial charge in [0.2, 0.25) is 0 Å². The number of nitrogens with zero attached hydrogens (tertiary/aromatic N) is 3. The highest BCUT2D eigenvalue weighted by Gasteiger charge is 2.21. The third kappa shape index (κ3) is 2.81. The zero-order chi connectivity index (χ0) is 15.8. The van der Waals surface area contributed by atoms with Crippen LogP contribution in [0.15, 0.2) is 23.5 Å². The van der Waals surface area contributed by atoms with Gasteiger partial charge in [0, 0.05) is 11.1 Å². The Bertz CT molecular complexity index is 872. The molecule has 3 aromatic heterocycles. The normalized spacial score (nSPS) is 14.0. The summed E-state index contributed by atoms with van der Waals surface area (Å²) in [4.78, 5) is 16.5. The summed E-state index contributed by atoms with van der Waals surface area (Å²) in [5.74, 6) is 1.74. The van der Waals surface area contributed by atoms with E-state index in [0.717, 1.165) is 28.0 Å². The summed E-state index contributed by atoms with van der Waals surface area (Å²) in [6.07, 6.45) is 8.69. The first-order chi connectivity index (χ1) is 11.2. The van der Waals surface area contributed by atoms with Crippen LogP contribution in [0.25, 0.3) is 10.2 Å². The van der Waals surface area contributed by atoms with Gasteiger partial charge in [0.15, 0.2) is 5.16 Å². The van der Waals surface area contributed by atoms with Gasteiger partial charge in [0.25, 0.3) is 0 Å². The van der Waals surface area contributed by atoms with E-state index in [4.69, 9.17) is 9.97 Å². The van der Waals surface area contributed by atoms with Gasteiger partial charge < -0.3 is 5.32 Å². The number of aryl methyl sites for hydroxylation is 3. The number of pyridine rings is 1. The van der Waals surface area contributed by atoms with Crippen molar-refractivity contribution < 1.29 is 0 Å². The van der Waals surface area contributed by atoms with E-state index in [1.165, 1.54) is 40.7 Å². The van der Waals surface area contributed by atoms with E-state index < -0.39 is 0 Å². The molecule has 0 amide bonds. The Hall–Kier alpha value is -1.66. The Kier molecular flexibility index (Phi) is 3.95. The van der Waals surface area contributed by atoms with Crippen molar-refractivity contribution in [2.45, 2.75) is 37.8 Å². The smallest absolute Gasteiger partial charge is 0.190 e. The molecule has 4 rings (SSSR count). The zero-order valence-corrected chi connectivity index (χ0v) is 14.9. The molecule has 0 radical (unpaired) electrons. The van der Waals surface area contributed by atoms with Crippen LogP contribution in [-0.2, 0) is 12.8 Å². The Morgan fingerprint density at radius 1 is 1.22 bits per heavy atom. The van der Waals surface area contributed by atoms with Gasteiger partial charge in [-0.15, -0.1) is 11.3 Å². The maximum atomic E-state index is 4.73. The van der Waals surface area contributed by atoms with Crippen LogP contribution in [0, 0.1) is 6.92 Å². The number of hydrogen-bond donors (Lipinski definition) is 1. The van der Waals surface area contributed by atoms with Crippen LogP contribution < -0.4 is 5.32 Å². The van der Waals surface area contributed by atoms with Gasteiger partial charge in [-0.05, 0) is 62.1 Å². The third-order valence-corrected chi connectivity index (χ3v) is 5.87. The van der Waals surface area contributed by atoms with Crippen LogP contribution in [0.5, 0.6) is 0 Å². The summed E-state index contributed by atoms with van der Waals surface area (Å²) in [6, 6.07) is 4.05. The fraction of sp³-hybridized carbons (Fsp3) is 0.353. The highest BCUT2D eigenvalue weighted by Crippen LogP contribution is 2.39. The Labute approximate surface area is 143 Å². The summed E-state index contributed by atoms with van der Waals surface area (Å²) in [6.45, 7) is 2.07. The molecule has 0 aliphatic heterocycles. The number of rotatable bonds is 3. The molecule has 0 saturated carbocycles. The average Bonchev–Trinajstić information content (AvgIpc) is 2.93. The SMILES string of the molecule is CSc1nc(Nc2cc(C)ccn2)c2c3c(sc2n1)CCCC3. The van der Waals surface area contributed by atoms with E-state index in [-0.39, 0.29) is 0 Å². The fourth-order valence-electron chi connectivity index (χ4n) is 3.05. The van der Waals surface area contributed by atoms with E-state index in [2.05, 4.69) is 17.2 Å². The van der Waals surface area contributed by atoms with Gasteiger partial charge in [-0.25, -0.2) is 15.0 Å². The average molecular weight is 342 g/mol. The standard InChI is InChI=1S/C17H18N4S2/c1-10-7-8-18-13(9-10)19-15-14-11-5-3-4-6-12(11)23-16(14)21-17(20-15)22-2/h7-9H,3-6H2,1-2H3,(H,18,19,20,21). The van der Waals surface area contributed by atoms with Crippen molar-refractivity contribution in [3.63, 3.8) is 0 Å². The van der Waals surface area contributed by atoms with Crippen molar-refractivity contribution in [3.05, 3.63) is 34.3 Å². The van der Waals surface area contributed by atoms with Crippen LogP contribution in [0.4, 0.5) is 11.6 Å². The number of fused-ring (bicyclic) bond motifs is 3. The summed E-state index contributed by atoms with van der Waals surface area (Å²) < 4.78 is 0. The molecule has 0 bridgehead atoms. The molecular weight excluding hydrogens is 324 g/mol. The first-order valence-corrected chi connectivity index (χ1v) is 9.84. The lowest BCUT2D eigenvalue weighted by Gasteiger charge is -2.13. The number of anilines is 2. The monoisotopic (exact) mass is 342 g/mol. The second-order valence-electron chi connectivity index (χ2n) is 5.79. The minimum Gasteiger partial charge on any atom is -0.324 e. The van der Waals surface area contributed by atoms with E-state index >= 15 is 0 Å². The highest BCUT2D eigenvalue weighted by atomic mass is 32.2. The predicted octanol–water partition coefficient (Wildman–Crippen LogP) is 4.74. The molecule has 4 nitrogen and oxygen atoms in total. The Morgan fingerprint density at radius 3 is 2.91 bits per heavy atom. The maximum Gasteiger partial charge on any atom is 0.190 e. The first-order valence-electron chi connectivity index (χ1n) is 7.80. The lowest BCUT2D eigenvalue weighted by molar-refractivity contribution is 0.700. The van der Waals surface area contributed by atoms with Gasteiger partial charge in [-0.3, -0.25) is 0 Å². The van der Waals surface area contributed by atoms with Crippen molar-refractivity contribution in [2.75, 3.05) is 11.6 Å². The fourth-order valence-corrected chi connectivity index (χ4v) is 4.73. The molecule has 0 spiro atoms. The van der Waals surface area contributed by atoms with E-state index in [1.54, 1.807) is 11.8 Å². The number of nitrogens with one attached hydrogen (secondary N) is 1. The second-order valence-corrected chi connectivity index (χ2v) is 7.65. The van der Waals surface area contributed by atoms with E-state index in [0.29, 0.717) is 0 Å². The molecule has 0 unspecified atom stereocenters. The predicted molar refractivity (Wildman–Crippen MR) is 98.1 cm³/mol.